The van der Waals surface area contributed by atoms with Gasteiger partial charge >= 0.3 is 0 Å². The Labute approximate surface area is 106 Å². The lowest BCUT2D eigenvalue weighted by Crippen LogP contribution is -2.49. The molecule has 1 nitrogen and oxygen atoms in total. The van der Waals surface area contributed by atoms with Crippen molar-refractivity contribution in [2.75, 3.05) is 0 Å². The molecule has 2 heteroatoms. The van der Waals surface area contributed by atoms with Gasteiger partial charge in [0.1, 0.15) is 0 Å². The molecule has 1 saturated heterocycles. The minimum Gasteiger partial charge on any atom is -0.370 e. The van der Waals surface area contributed by atoms with E-state index in [9.17, 15) is 0 Å². The van der Waals surface area contributed by atoms with E-state index >= 15 is 0 Å². The van der Waals surface area contributed by atoms with E-state index in [0.29, 0.717) is 18.1 Å². The second kappa shape index (κ2) is 4.58. The molecule has 0 amide bonds. The predicted molar refractivity (Wildman–Crippen MR) is 76.5 cm³/mol. The first-order chi connectivity index (χ1) is 7.94. The monoisotopic (exact) mass is 248 g/mol. The van der Waals surface area contributed by atoms with Crippen LogP contribution in [-0.2, 0) is 4.74 Å². The highest BCUT2D eigenvalue weighted by molar-refractivity contribution is 6.91. The normalized spacial score (nSPS) is 26.0. The summed E-state index contributed by atoms with van der Waals surface area (Å²) in [7, 11) is -1.44. The van der Waals surface area contributed by atoms with Gasteiger partial charge in [0.15, 0.2) is 0 Å². The van der Waals surface area contributed by atoms with Crippen molar-refractivity contribution in [1.29, 1.82) is 0 Å². The Morgan fingerprint density at radius 3 is 2.06 bits per heavy atom. The van der Waals surface area contributed by atoms with Gasteiger partial charge in [0, 0.05) is 0 Å². The van der Waals surface area contributed by atoms with E-state index in [1.165, 1.54) is 0 Å². The van der Waals surface area contributed by atoms with Gasteiger partial charge in [0.2, 0.25) is 0 Å². The van der Waals surface area contributed by atoms with Crippen LogP contribution in [0.2, 0.25) is 18.6 Å². The zero-order chi connectivity index (χ0) is 12.6. The van der Waals surface area contributed by atoms with Crippen molar-refractivity contribution in [2.24, 2.45) is 5.92 Å². The van der Waals surface area contributed by atoms with E-state index in [2.05, 4.69) is 64.2 Å². The number of rotatable bonds is 4. The van der Waals surface area contributed by atoms with Gasteiger partial charge in [0.25, 0.3) is 0 Å². The van der Waals surface area contributed by atoms with Crippen LogP contribution < -0.4 is 5.19 Å². The summed E-state index contributed by atoms with van der Waals surface area (Å²) in [6.07, 6.45) is 0.967. The molecule has 1 fully saturated rings. The van der Waals surface area contributed by atoms with Gasteiger partial charge in [0.05, 0.1) is 20.3 Å². The second-order valence-electron chi connectivity index (χ2n) is 6.16. The molecule has 0 aromatic heterocycles. The van der Waals surface area contributed by atoms with Crippen molar-refractivity contribution >= 4 is 13.3 Å². The van der Waals surface area contributed by atoms with Crippen LogP contribution in [0.5, 0.6) is 0 Å². The maximum absolute atomic E-state index is 5.78. The van der Waals surface area contributed by atoms with Gasteiger partial charge in [-0.3, -0.25) is 0 Å². The molecule has 0 saturated carbocycles. The summed E-state index contributed by atoms with van der Waals surface area (Å²) in [5.41, 5.74) is 0.722. The zero-order valence-electron chi connectivity index (χ0n) is 11.6. The predicted octanol–water partition coefficient (Wildman–Crippen LogP) is 3.42. The van der Waals surface area contributed by atoms with Crippen molar-refractivity contribution in [3.63, 3.8) is 0 Å². The Morgan fingerprint density at radius 1 is 1.12 bits per heavy atom. The summed E-state index contributed by atoms with van der Waals surface area (Å²) in [4.78, 5) is 0. The van der Waals surface area contributed by atoms with Crippen molar-refractivity contribution in [2.45, 2.75) is 51.6 Å². The topological polar surface area (TPSA) is 12.5 Å². The highest BCUT2D eigenvalue weighted by Gasteiger charge is 2.50. The number of benzene rings is 1. The maximum Gasteiger partial charge on any atom is 0.0865 e. The molecule has 1 aromatic rings. The van der Waals surface area contributed by atoms with E-state index < -0.39 is 8.07 Å². The molecule has 94 valence electrons. The Hall–Kier alpha value is -0.603. The minimum atomic E-state index is -1.44. The molecule has 1 aliphatic heterocycles. The summed E-state index contributed by atoms with van der Waals surface area (Å²) in [6.45, 7) is 11.9. The highest BCUT2D eigenvalue weighted by atomic mass is 28.3. The summed E-state index contributed by atoms with van der Waals surface area (Å²) < 4.78 is 5.78. The summed E-state index contributed by atoms with van der Waals surface area (Å²) >= 11 is 0. The quantitative estimate of drug-likeness (QED) is 0.587. The van der Waals surface area contributed by atoms with E-state index in [1.54, 1.807) is 5.19 Å². The van der Waals surface area contributed by atoms with Gasteiger partial charge in [-0.05, 0) is 18.4 Å². The molecule has 1 heterocycles. The third-order valence-electron chi connectivity index (χ3n) is 4.18. The summed E-state index contributed by atoms with van der Waals surface area (Å²) in [5, 5.41) is 1.56. The Morgan fingerprint density at radius 2 is 1.65 bits per heavy atom. The van der Waals surface area contributed by atoms with Crippen LogP contribution in [0.3, 0.4) is 0 Å². The van der Waals surface area contributed by atoms with E-state index in [1.807, 2.05) is 0 Å². The van der Waals surface area contributed by atoms with Crippen LogP contribution in [0.15, 0.2) is 30.3 Å². The Kier molecular flexibility index (Phi) is 3.46. The van der Waals surface area contributed by atoms with E-state index in [4.69, 9.17) is 4.74 Å². The van der Waals surface area contributed by atoms with Crippen LogP contribution in [0.4, 0.5) is 0 Å². The molecular weight excluding hydrogens is 224 g/mol. The molecule has 0 N–H and O–H groups in total. The standard InChI is InChI=1S/C15H24OSi/c1-11(2)15(14-12(3)16-14)17(4,5)13-9-7-6-8-10-13/h6-12,14-15H,1-5H3/t12-,14+,15+/m1/s1. The Bertz CT molecular complexity index is 372. The molecule has 0 spiro atoms. The molecule has 2 rings (SSSR count). The van der Waals surface area contributed by atoms with Crippen LogP contribution >= 0.6 is 0 Å². The highest BCUT2D eigenvalue weighted by Crippen LogP contribution is 2.43. The molecule has 1 aliphatic rings. The van der Waals surface area contributed by atoms with Crippen LogP contribution in [-0.4, -0.2) is 20.3 Å². The van der Waals surface area contributed by atoms with Gasteiger partial charge < -0.3 is 4.74 Å². The fourth-order valence-electron chi connectivity index (χ4n) is 3.26. The zero-order valence-corrected chi connectivity index (χ0v) is 12.6. The SMILES string of the molecule is CC(C)[C@@H]([C@H]1O[C@@H]1C)[Si](C)(C)c1ccccc1. The van der Waals surface area contributed by atoms with Crippen LogP contribution in [0.1, 0.15) is 20.8 Å². The lowest BCUT2D eigenvalue weighted by atomic mass is 10.1. The molecule has 1 aromatic carbocycles. The fourth-order valence-corrected chi connectivity index (χ4v) is 7.54. The fraction of sp³-hybridized carbons (Fsp3) is 0.600. The molecule has 17 heavy (non-hydrogen) atoms. The maximum atomic E-state index is 5.78. The number of epoxide rings is 1. The molecular formula is C15H24OSi. The van der Waals surface area contributed by atoms with Crippen molar-refractivity contribution < 1.29 is 4.74 Å². The first kappa shape index (κ1) is 12.8. The van der Waals surface area contributed by atoms with E-state index in [0.717, 1.165) is 5.54 Å². The van der Waals surface area contributed by atoms with Crippen molar-refractivity contribution in [1.82, 2.24) is 0 Å². The third-order valence-corrected chi connectivity index (χ3v) is 8.66. The number of ether oxygens (including phenoxy) is 1. The smallest absolute Gasteiger partial charge is 0.0865 e. The Balaban J connectivity index is 2.29. The lowest BCUT2D eigenvalue weighted by molar-refractivity contribution is 0.348. The molecule has 0 unspecified atom stereocenters. The second-order valence-corrected chi connectivity index (χ2v) is 10.9. The molecule has 0 radical (unpaired) electrons. The number of hydrogen-bond acceptors (Lipinski definition) is 1. The summed E-state index contributed by atoms with van der Waals surface area (Å²) in [5.74, 6) is 0.701. The molecule has 3 atom stereocenters. The molecule has 0 aliphatic carbocycles. The van der Waals surface area contributed by atoms with Gasteiger partial charge in [-0.1, -0.05) is 62.5 Å². The molecule has 0 bridgehead atoms. The van der Waals surface area contributed by atoms with Gasteiger partial charge in [-0.15, -0.1) is 0 Å². The van der Waals surface area contributed by atoms with Gasteiger partial charge in [-0.25, -0.2) is 0 Å². The van der Waals surface area contributed by atoms with Gasteiger partial charge in [-0.2, -0.15) is 0 Å². The summed E-state index contributed by atoms with van der Waals surface area (Å²) in [6, 6.07) is 11.0. The van der Waals surface area contributed by atoms with Crippen molar-refractivity contribution in [3.8, 4) is 0 Å². The first-order valence-corrected chi connectivity index (χ1v) is 9.73. The van der Waals surface area contributed by atoms with Crippen LogP contribution in [0, 0.1) is 5.92 Å². The average Bonchev–Trinajstić information content (AvgIpc) is 2.95. The number of hydrogen-bond donors (Lipinski definition) is 0. The third kappa shape index (κ3) is 2.48. The van der Waals surface area contributed by atoms with Crippen LogP contribution in [0.25, 0.3) is 0 Å². The van der Waals surface area contributed by atoms with Crippen molar-refractivity contribution in [3.05, 3.63) is 30.3 Å². The first-order valence-electron chi connectivity index (χ1n) is 6.65. The average molecular weight is 248 g/mol. The minimum absolute atomic E-state index is 0.470. The largest absolute Gasteiger partial charge is 0.370 e. The van der Waals surface area contributed by atoms with E-state index in [-0.39, 0.29) is 0 Å². The lowest BCUT2D eigenvalue weighted by Gasteiger charge is -2.35.